The van der Waals surface area contributed by atoms with Gasteiger partial charge in [0.25, 0.3) is 0 Å². The van der Waals surface area contributed by atoms with Gasteiger partial charge < -0.3 is 30.3 Å². The fourth-order valence-electron chi connectivity index (χ4n) is 5.44. The Bertz CT molecular complexity index is 1430. The molecule has 3 N–H and O–H groups in total. The van der Waals surface area contributed by atoms with Crippen LogP contribution in [0.5, 0.6) is 5.75 Å². The number of hydrogen-bond donors (Lipinski definition) is 3. The normalized spacial score (nSPS) is 15.3. The van der Waals surface area contributed by atoms with Gasteiger partial charge in [0.2, 0.25) is 17.7 Å². The lowest BCUT2D eigenvalue weighted by Gasteiger charge is -2.31. The summed E-state index contributed by atoms with van der Waals surface area (Å²) in [7, 11) is 1.59. The van der Waals surface area contributed by atoms with Gasteiger partial charge in [-0.25, -0.2) is 0 Å². The summed E-state index contributed by atoms with van der Waals surface area (Å²) >= 11 is 0. The number of ether oxygens (including phenoxy) is 2. The van der Waals surface area contributed by atoms with E-state index in [0.29, 0.717) is 39.0 Å². The number of likely N-dealkylation sites (tertiary alicyclic amines) is 1. The molecule has 244 valence electrons. The zero-order valence-electron chi connectivity index (χ0n) is 26.8. The molecular weight excluding hydrogens is 592 g/mol. The van der Waals surface area contributed by atoms with Gasteiger partial charge in [0.15, 0.2) is 6.79 Å². The molecule has 0 radical (unpaired) electrons. The summed E-state index contributed by atoms with van der Waals surface area (Å²) in [5.41, 5.74) is 1.46. The molecule has 3 aromatic carbocycles. The molecule has 1 saturated heterocycles. The monoisotopic (exact) mass is 638 g/mol. The topological polar surface area (TPSA) is 109 Å². The summed E-state index contributed by atoms with van der Waals surface area (Å²) in [6.45, 7) is 8.18. The van der Waals surface area contributed by atoms with Crippen molar-refractivity contribution in [2.75, 3.05) is 33.5 Å². The van der Waals surface area contributed by atoms with E-state index in [-0.39, 0.29) is 36.9 Å². The van der Waals surface area contributed by atoms with Crippen LogP contribution in [-0.2, 0) is 32.1 Å². The highest BCUT2D eigenvalue weighted by Gasteiger charge is 2.39. The van der Waals surface area contributed by atoms with E-state index in [1.807, 2.05) is 81.4 Å². The number of amides is 3. The Hall–Kier alpha value is -3.66. The Balaban J connectivity index is 0.00000552. The van der Waals surface area contributed by atoms with Gasteiger partial charge >= 0.3 is 0 Å². The largest absolute Gasteiger partial charge is 0.468 e. The molecule has 2 atom stereocenters. The summed E-state index contributed by atoms with van der Waals surface area (Å²) in [4.78, 5) is 41.7. The molecule has 45 heavy (non-hydrogen) atoms. The minimum atomic E-state index is -0.765. The van der Waals surface area contributed by atoms with E-state index in [4.69, 9.17) is 9.47 Å². The van der Waals surface area contributed by atoms with Gasteiger partial charge in [-0.15, -0.1) is 12.4 Å². The minimum absolute atomic E-state index is 0. The highest BCUT2D eigenvalue weighted by Crippen LogP contribution is 2.26. The molecule has 0 saturated carbocycles. The van der Waals surface area contributed by atoms with Gasteiger partial charge in [-0.3, -0.25) is 14.4 Å². The first-order valence-electron chi connectivity index (χ1n) is 15.4. The van der Waals surface area contributed by atoms with Crippen molar-refractivity contribution in [2.24, 2.45) is 5.41 Å². The van der Waals surface area contributed by atoms with E-state index in [9.17, 15) is 14.4 Å². The smallest absolute Gasteiger partial charge is 0.243 e. The number of carbonyl (C=O) groups excluding carboxylic acids is 3. The lowest BCUT2D eigenvalue weighted by molar-refractivity contribution is -0.145. The van der Waals surface area contributed by atoms with Crippen LogP contribution in [0.4, 0.5) is 0 Å². The van der Waals surface area contributed by atoms with E-state index < -0.39 is 17.5 Å². The maximum atomic E-state index is 13.5. The summed E-state index contributed by atoms with van der Waals surface area (Å²) in [5.74, 6) is 0.189. The molecule has 10 heteroatoms. The molecule has 3 amide bonds. The number of benzene rings is 3. The van der Waals surface area contributed by atoms with E-state index in [1.165, 1.54) is 0 Å². The molecular formula is C35H47ClN4O5. The number of rotatable bonds is 14. The van der Waals surface area contributed by atoms with Crippen LogP contribution in [0, 0.1) is 5.41 Å². The first-order chi connectivity index (χ1) is 21.2. The van der Waals surface area contributed by atoms with Crippen LogP contribution in [0.25, 0.3) is 10.8 Å². The van der Waals surface area contributed by atoms with Crippen molar-refractivity contribution in [1.29, 1.82) is 0 Å². The number of carbonyl (C=O) groups is 3. The zero-order valence-corrected chi connectivity index (χ0v) is 27.6. The van der Waals surface area contributed by atoms with Gasteiger partial charge in [-0.1, -0.05) is 75.4 Å². The van der Waals surface area contributed by atoms with Crippen molar-refractivity contribution < 1.29 is 23.9 Å². The Kier molecular flexibility index (Phi) is 13.6. The van der Waals surface area contributed by atoms with Crippen molar-refractivity contribution >= 4 is 40.9 Å². The number of hydrogen-bond acceptors (Lipinski definition) is 6. The lowest BCUT2D eigenvalue weighted by atomic mass is 9.94. The molecule has 0 aromatic heterocycles. The Morgan fingerprint density at radius 1 is 0.956 bits per heavy atom. The summed E-state index contributed by atoms with van der Waals surface area (Å²) in [5, 5.41) is 11.6. The summed E-state index contributed by atoms with van der Waals surface area (Å²) in [6.07, 6.45) is 2.42. The summed E-state index contributed by atoms with van der Waals surface area (Å²) < 4.78 is 10.5. The van der Waals surface area contributed by atoms with Crippen molar-refractivity contribution in [3.8, 4) is 5.75 Å². The van der Waals surface area contributed by atoms with Crippen molar-refractivity contribution in [1.82, 2.24) is 20.9 Å². The second-order valence-electron chi connectivity index (χ2n) is 12.4. The maximum Gasteiger partial charge on any atom is 0.243 e. The van der Waals surface area contributed by atoms with Gasteiger partial charge in [-0.05, 0) is 59.8 Å². The van der Waals surface area contributed by atoms with Gasteiger partial charge in [0.1, 0.15) is 17.8 Å². The highest BCUT2D eigenvalue weighted by molar-refractivity contribution is 5.93. The second-order valence-corrected chi connectivity index (χ2v) is 12.4. The van der Waals surface area contributed by atoms with Gasteiger partial charge in [0.05, 0.1) is 0 Å². The van der Waals surface area contributed by atoms with Crippen LogP contribution < -0.4 is 20.7 Å². The van der Waals surface area contributed by atoms with Crippen molar-refractivity contribution in [3.05, 3.63) is 77.9 Å². The zero-order chi connectivity index (χ0) is 31.5. The third-order valence-electron chi connectivity index (χ3n) is 7.75. The number of fused-ring (bicyclic) bond motifs is 1. The predicted octanol–water partition coefficient (Wildman–Crippen LogP) is 4.60. The quantitative estimate of drug-likeness (QED) is 0.176. The number of nitrogens with one attached hydrogen (secondary N) is 3. The van der Waals surface area contributed by atoms with Crippen LogP contribution in [0.3, 0.4) is 0 Å². The third kappa shape index (κ3) is 10.4. The van der Waals surface area contributed by atoms with E-state index in [1.54, 1.807) is 12.0 Å². The fraction of sp³-hybridized carbons (Fsp3) is 0.457. The van der Waals surface area contributed by atoms with Crippen LogP contribution in [0.15, 0.2) is 66.7 Å². The van der Waals surface area contributed by atoms with Crippen LogP contribution in [0.1, 0.15) is 51.2 Å². The molecule has 0 spiro atoms. The van der Waals surface area contributed by atoms with Crippen LogP contribution in [-0.4, -0.2) is 68.2 Å². The maximum absolute atomic E-state index is 13.5. The van der Waals surface area contributed by atoms with Crippen LogP contribution >= 0.6 is 12.4 Å². The van der Waals surface area contributed by atoms with Gasteiger partial charge in [-0.2, -0.15) is 0 Å². The average Bonchev–Trinajstić information content (AvgIpc) is 3.50. The van der Waals surface area contributed by atoms with Gasteiger partial charge in [0, 0.05) is 38.6 Å². The molecule has 0 aliphatic carbocycles. The number of halogens is 1. The molecule has 3 aromatic rings. The second kappa shape index (κ2) is 17.1. The molecule has 1 aliphatic heterocycles. The Morgan fingerprint density at radius 3 is 2.49 bits per heavy atom. The molecule has 9 nitrogen and oxygen atoms in total. The predicted molar refractivity (Wildman–Crippen MR) is 179 cm³/mol. The fourth-order valence-corrected chi connectivity index (χ4v) is 5.44. The Morgan fingerprint density at radius 2 is 1.73 bits per heavy atom. The van der Waals surface area contributed by atoms with Crippen molar-refractivity contribution in [2.45, 2.75) is 65.1 Å². The van der Waals surface area contributed by atoms with Crippen LogP contribution in [0.2, 0.25) is 0 Å². The number of methoxy groups -OCH3 is 1. The Labute approximate surface area is 272 Å². The summed E-state index contributed by atoms with van der Waals surface area (Å²) in [6, 6.07) is 20.6. The molecule has 1 unspecified atom stereocenters. The molecule has 1 heterocycles. The molecule has 1 aliphatic rings. The molecule has 0 bridgehead atoms. The average molecular weight is 639 g/mol. The van der Waals surface area contributed by atoms with E-state index >= 15 is 0 Å². The minimum Gasteiger partial charge on any atom is -0.468 e. The molecule has 1 fully saturated rings. The first-order valence-corrected chi connectivity index (χ1v) is 15.4. The standard InChI is InChI=1S/C35H46N4O5.ClH/c1-35(2,3)34(42)39-19-8-14-31(39)33(41)38-30(22-25-15-16-27-11-5-6-12-28(27)20-25)32(40)37-18-9-17-36-23-26-10-7-13-29(21-26)44-24-43-4;/h5-7,10-13,15-16,20-21,30-31,36H,8-9,14,17-19,22-24H2,1-4H3,(H,37,40)(H,38,41);1H/t30-,31?;/m1./s1. The van der Waals surface area contributed by atoms with E-state index in [0.717, 1.165) is 40.5 Å². The number of nitrogens with zero attached hydrogens (tertiary/aromatic N) is 1. The molecule has 4 rings (SSSR count). The van der Waals surface area contributed by atoms with E-state index in [2.05, 4.69) is 22.0 Å². The van der Waals surface area contributed by atoms with Crippen molar-refractivity contribution in [3.63, 3.8) is 0 Å². The SMILES string of the molecule is COCOc1cccc(CNCCCNC(=O)[C@@H](Cc2ccc3ccccc3c2)NC(=O)C2CCCN2C(=O)C(C)(C)C)c1.Cl. The lowest BCUT2D eigenvalue weighted by Crippen LogP contribution is -2.55. The highest BCUT2D eigenvalue weighted by atomic mass is 35.5. The third-order valence-corrected chi connectivity index (χ3v) is 7.75. The first kappa shape index (κ1) is 35.8.